The van der Waals surface area contributed by atoms with Gasteiger partial charge in [0, 0.05) is 13.7 Å². The first-order chi connectivity index (χ1) is 5.74. The zero-order chi connectivity index (χ0) is 8.97. The Morgan fingerprint density at radius 3 is 3.00 bits per heavy atom. The summed E-state index contributed by atoms with van der Waals surface area (Å²) in [5.41, 5.74) is 0. The van der Waals surface area contributed by atoms with Crippen LogP contribution in [0.3, 0.4) is 0 Å². The number of hydrogen-bond acceptors (Lipinski definition) is 2. The molecule has 1 saturated heterocycles. The van der Waals surface area contributed by atoms with Gasteiger partial charge in [-0.3, -0.25) is 4.79 Å². The second kappa shape index (κ2) is 4.40. The van der Waals surface area contributed by atoms with Crippen LogP contribution in [0, 0.1) is 0 Å². The maximum Gasteiger partial charge on any atom is 0.224 e. The number of halogens is 1. The van der Waals surface area contributed by atoms with Gasteiger partial charge >= 0.3 is 0 Å². The van der Waals surface area contributed by atoms with Gasteiger partial charge in [0.05, 0.1) is 19.6 Å². The van der Waals surface area contributed by atoms with Crippen LogP contribution in [0.4, 0.5) is 4.39 Å². The summed E-state index contributed by atoms with van der Waals surface area (Å²) < 4.78 is 17.4. The van der Waals surface area contributed by atoms with Crippen molar-refractivity contribution in [2.45, 2.75) is 19.0 Å². The van der Waals surface area contributed by atoms with Gasteiger partial charge in [0.15, 0.2) is 0 Å². The summed E-state index contributed by atoms with van der Waals surface area (Å²) in [5, 5.41) is 0. The van der Waals surface area contributed by atoms with E-state index in [0.29, 0.717) is 26.0 Å². The number of carbonyl (C=O) groups is 1. The lowest BCUT2D eigenvalue weighted by Gasteiger charge is -2.14. The number of methoxy groups -OCH3 is 1. The van der Waals surface area contributed by atoms with E-state index >= 15 is 0 Å². The molecule has 1 rings (SSSR count). The van der Waals surface area contributed by atoms with Crippen LogP contribution >= 0.6 is 0 Å². The van der Waals surface area contributed by atoms with E-state index in [1.54, 1.807) is 12.0 Å². The van der Waals surface area contributed by atoms with Crippen molar-refractivity contribution in [1.29, 1.82) is 0 Å². The van der Waals surface area contributed by atoms with E-state index in [0.717, 1.165) is 0 Å². The minimum atomic E-state index is -0.823. The number of amides is 1. The van der Waals surface area contributed by atoms with Crippen LogP contribution in [-0.4, -0.2) is 43.8 Å². The third-order valence-corrected chi connectivity index (χ3v) is 2.00. The molecule has 12 heavy (non-hydrogen) atoms. The molecule has 1 amide bonds. The minimum absolute atomic E-state index is 0.00278. The predicted molar refractivity (Wildman–Crippen MR) is 42.6 cm³/mol. The highest BCUT2D eigenvalue weighted by molar-refractivity contribution is 5.76. The summed E-state index contributed by atoms with van der Waals surface area (Å²) in [6, 6.07) is 0. The van der Waals surface area contributed by atoms with Gasteiger partial charge in [-0.25, -0.2) is 4.39 Å². The fourth-order valence-electron chi connectivity index (χ4n) is 1.29. The topological polar surface area (TPSA) is 29.5 Å². The monoisotopic (exact) mass is 175 g/mol. The number of ether oxygens (including phenoxy) is 1. The third-order valence-electron chi connectivity index (χ3n) is 2.00. The summed E-state index contributed by atoms with van der Waals surface area (Å²) in [7, 11) is 1.55. The van der Waals surface area contributed by atoms with E-state index in [9.17, 15) is 9.18 Å². The molecule has 0 saturated carbocycles. The molecule has 1 unspecified atom stereocenters. The van der Waals surface area contributed by atoms with Crippen LogP contribution < -0.4 is 0 Å². The summed E-state index contributed by atoms with van der Waals surface area (Å²) in [6.45, 7) is 1.25. The van der Waals surface area contributed by atoms with Gasteiger partial charge in [0.2, 0.25) is 5.91 Å². The van der Waals surface area contributed by atoms with Crippen LogP contribution in [0.5, 0.6) is 0 Å². The second-order valence-corrected chi connectivity index (χ2v) is 2.97. The third kappa shape index (κ3) is 2.44. The number of carbonyl (C=O) groups excluding carboxylic acids is 1. The first-order valence-corrected chi connectivity index (χ1v) is 4.15. The molecule has 1 fully saturated rings. The van der Waals surface area contributed by atoms with Crippen LogP contribution in [0.2, 0.25) is 0 Å². The van der Waals surface area contributed by atoms with Crippen LogP contribution in [-0.2, 0) is 9.53 Å². The van der Waals surface area contributed by atoms with Gasteiger partial charge in [0.1, 0.15) is 6.17 Å². The van der Waals surface area contributed by atoms with Crippen molar-refractivity contribution in [2.24, 2.45) is 0 Å². The molecule has 1 heterocycles. The molecule has 1 aliphatic heterocycles. The molecule has 0 bridgehead atoms. The Kier molecular flexibility index (Phi) is 3.47. The largest absolute Gasteiger partial charge is 0.384 e. The molecular weight excluding hydrogens is 161 g/mol. The SMILES string of the molecule is COCCC(=O)N1CCC(F)C1. The number of likely N-dealkylation sites (tertiary alicyclic amines) is 1. The predicted octanol–water partition coefficient (Wildman–Crippen LogP) is 0.593. The number of rotatable bonds is 3. The number of hydrogen-bond donors (Lipinski definition) is 0. The molecule has 0 spiro atoms. The maximum absolute atomic E-state index is 12.6. The van der Waals surface area contributed by atoms with E-state index in [1.807, 2.05) is 0 Å². The Bertz CT molecular complexity index is 163. The first kappa shape index (κ1) is 9.45. The average molecular weight is 175 g/mol. The van der Waals surface area contributed by atoms with Crippen LogP contribution in [0.25, 0.3) is 0 Å². The quantitative estimate of drug-likeness (QED) is 0.628. The summed E-state index contributed by atoms with van der Waals surface area (Å²) in [6.07, 6.45) is 0.0265. The highest BCUT2D eigenvalue weighted by atomic mass is 19.1. The van der Waals surface area contributed by atoms with Gasteiger partial charge < -0.3 is 9.64 Å². The molecule has 4 heteroatoms. The van der Waals surface area contributed by atoms with Gasteiger partial charge in [0.25, 0.3) is 0 Å². The minimum Gasteiger partial charge on any atom is -0.384 e. The molecule has 0 aliphatic carbocycles. The van der Waals surface area contributed by atoms with Crippen molar-refractivity contribution in [3.05, 3.63) is 0 Å². The number of alkyl halides is 1. The van der Waals surface area contributed by atoms with Gasteiger partial charge in [-0.1, -0.05) is 0 Å². The van der Waals surface area contributed by atoms with Gasteiger partial charge in [-0.2, -0.15) is 0 Å². The zero-order valence-electron chi connectivity index (χ0n) is 7.25. The molecule has 3 nitrogen and oxygen atoms in total. The molecule has 0 aromatic carbocycles. The lowest BCUT2D eigenvalue weighted by atomic mass is 10.3. The van der Waals surface area contributed by atoms with Crippen molar-refractivity contribution in [1.82, 2.24) is 4.90 Å². The lowest BCUT2D eigenvalue weighted by molar-refractivity contribution is -0.131. The smallest absolute Gasteiger partial charge is 0.224 e. The van der Waals surface area contributed by atoms with Crippen LogP contribution in [0.1, 0.15) is 12.8 Å². The molecule has 70 valence electrons. The molecule has 1 aliphatic rings. The Balaban J connectivity index is 2.23. The average Bonchev–Trinajstić information content (AvgIpc) is 2.47. The molecule has 0 aromatic rings. The zero-order valence-corrected chi connectivity index (χ0v) is 7.25. The molecule has 1 atom stereocenters. The summed E-state index contributed by atoms with van der Waals surface area (Å²) in [4.78, 5) is 12.8. The van der Waals surface area contributed by atoms with Crippen molar-refractivity contribution in [3.8, 4) is 0 Å². The van der Waals surface area contributed by atoms with E-state index in [-0.39, 0.29) is 12.5 Å². The highest BCUT2D eigenvalue weighted by Crippen LogP contribution is 2.12. The Hall–Kier alpha value is -0.640. The Labute approximate surface area is 71.5 Å². The Morgan fingerprint density at radius 1 is 1.75 bits per heavy atom. The molecule has 0 aromatic heterocycles. The normalized spacial score (nSPS) is 23.2. The lowest BCUT2D eigenvalue weighted by Crippen LogP contribution is -2.29. The molecule has 0 radical (unpaired) electrons. The maximum atomic E-state index is 12.6. The van der Waals surface area contributed by atoms with Gasteiger partial charge in [-0.15, -0.1) is 0 Å². The summed E-state index contributed by atoms with van der Waals surface area (Å²) >= 11 is 0. The first-order valence-electron chi connectivity index (χ1n) is 4.15. The van der Waals surface area contributed by atoms with Gasteiger partial charge in [-0.05, 0) is 6.42 Å². The standard InChI is InChI=1S/C8H14FNO2/c1-12-5-3-8(11)10-4-2-7(9)6-10/h7H,2-6H2,1H3. The van der Waals surface area contributed by atoms with Crippen molar-refractivity contribution in [3.63, 3.8) is 0 Å². The van der Waals surface area contributed by atoms with Crippen molar-refractivity contribution >= 4 is 5.91 Å². The summed E-state index contributed by atoms with van der Waals surface area (Å²) in [5.74, 6) is -0.00278. The Morgan fingerprint density at radius 2 is 2.50 bits per heavy atom. The fraction of sp³-hybridized carbons (Fsp3) is 0.875. The molecule has 0 N–H and O–H groups in total. The van der Waals surface area contributed by atoms with E-state index in [2.05, 4.69) is 0 Å². The van der Waals surface area contributed by atoms with Crippen molar-refractivity contribution in [2.75, 3.05) is 26.8 Å². The molecular formula is C8H14FNO2. The fourth-order valence-corrected chi connectivity index (χ4v) is 1.29. The number of nitrogens with zero attached hydrogens (tertiary/aromatic N) is 1. The van der Waals surface area contributed by atoms with Crippen molar-refractivity contribution < 1.29 is 13.9 Å². The van der Waals surface area contributed by atoms with E-state index < -0.39 is 6.17 Å². The van der Waals surface area contributed by atoms with E-state index in [4.69, 9.17) is 4.74 Å². The van der Waals surface area contributed by atoms with Crippen LogP contribution in [0.15, 0.2) is 0 Å². The highest BCUT2D eigenvalue weighted by Gasteiger charge is 2.24. The second-order valence-electron chi connectivity index (χ2n) is 2.97. The van der Waals surface area contributed by atoms with E-state index in [1.165, 1.54) is 0 Å².